The van der Waals surface area contributed by atoms with Crippen LogP contribution >= 0.6 is 11.3 Å². The van der Waals surface area contributed by atoms with Crippen LogP contribution in [0.25, 0.3) is 0 Å². The molecule has 0 saturated heterocycles. The molecule has 0 fully saturated rings. The summed E-state index contributed by atoms with van der Waals surface area (Å²) in [7, 11) is 0.982. The van der Waals surface area contributed by atoms with Crippen LogP contribution in [0.3, 0.4) is 0 Å². The highest BCUT2D eigenvalue weighted by Crippen LogP contribution is 2.19. The van der Waals surface area contributed by atoms with E-state index in [4.69, 9.17) is 4.74 Å². The van der Waals surface area contributed by atoms with Gasteiger partial charge in [-0.3, -0.25) is 4.79 Å². The minimum atomic E-state index is -3.66. The number of hydrogen-bond donors (Lipinski definition) is 1. The Bertz CT molecular complexity index is 1130. The molecule has 0 radical (unpaired) electrons. The maximum atomic E-state index is 12.7. The van der Waals surface area contributed by atoms with Crippen LogP contribution in [0.2, 0.25) is 0 Å². The van der Waals surface area contributed by atoms with E-state index in [2.05, 4.69) is 15.3 Å². The third kappa shape index (κ3) is 6.53. The highest BCUT2D eigenvalue weighted by atomic mass is 32.2. The van der Waals surface area contributed by atoms with Crippen LogP contribution in [0.15, 0.2) is 53.3 Å². The topological polar surface area (TPSA) is 110 Å². The summed E-state index contributed by atoms with van der Waals surface area (Å²) in [6.07, 6.45) is 6.33. The molecule has 10 nitrogen and oxygen atoms in total. The molecule has 0 aliphatic carbocycles. The molecular formula is C21H28N6O4S2. The third-order valence-electron chi connectivity index (χ3n) is 5.02. The molecule has 0 unspecified atom stereocenters. The number of sulfonamides is 1. The smallest absolute Gasteiger partial charge is 0.273 e. The molecule has 0 bridgehead atoms. The number of thiazole rings is 1. The Morgan fingerprint density at radius 2 is 1.97 bits per heavy atom. The Kier molecular flexibility index (Phi) is 8.42. The normalized spacial score (nSPS) is 11.5. The Morgan fingerprint density at radius 1 is 1.21 bits per heavy atom. The summed E-state index contributed by atoms with van der Waals surface area (Å²) in [5.41, 5.74) is 0.334. The van der Waals surface area contributed by atoms with Gasteiger partial charge in [0, 0.05) is 58.0 Å². The van der Waals surface area contributed by atoms with E-state index in [1.807, 2.05) is 10.8 Å². The van der Waals surface area contributed by atoms with Gasteiger partial charge in [-0.05, 0) is 30.7 Å². The quantitative estimate of drug-likeness (QED) is 0.386. The zero-order chi connectivity index (χ0) is 23.8. The minimum Gasteiger partial charge on any atom is -0.497 e. The van der Waals surface area contributed by atoms with Gasteiger partial charge in [0.1, 0.15) is 11.4 Å². The predicted molar refractivity (Wildman–Crippen MR) is 127 cm³/mol. The van der Waals surface area contributed by atoms with Gasteiger partial charge in [-0.1, -0.05) is 0 Å². The Hall–Kier alpha value is -2.96. The van der Waals surface area contributed by atoms with Crippen LogP contribution in [0.4, 0.5) is 5.13 Å². The van der Waals surface area contributed by atoms with Crippen molar-refractivity contribution in [3.05, 3.63) is 54.1 Å². The van der Waals surface area contributed by atoms with Crippen molar-refractivity contribution in [1.29, 1.82) is 0 Å². The van der Waals surface area contributed by atoms with Crippen LogP contribution in [-0.2, 0) is 16.6 Å². The number of aryl methyl sites for hydroxylation is 1. The fourth-order valence-electron chi connectivity index (χ4n) is 2.96. The zero-order valence-corrected chi connectivity index (χ0v) is 20.5. The van der Waals surface area contributed by atoms with Gasteiger partial charge in [-0.2, -0.15) is 4.31 Å². The second kappa shape index (κ2) is 11.3. The molecule has 0 saturated carbocycles. The van der Waals surface area contributed by atoms with Crippen molar-refractivity contribution < 1.29 is 17.9 Å². The van der Waals surface area contributed by atoms with Crippen molar-refractivity contribution in [1.82, 2.24) is 23.7 Å². The Morgan fingerprint density at radius 3 is 2.64 bits per heavy atom. The summed E-state index contributed by atoms with van der Waals surface area (Å²) in [5, 5.41) is 5.60. The zero-order valence-electron chi connectivity index (χ0n) is 18.8. The van der Waals surface area contributed by atoms with Gasteiger partial charge in [-0.15, -0.1) is 11.3 Å². The maximum Gasteiger partial charge on any atom is 0.273 e. The minimum absolute atomic E-state index is 0.153. The molecule has 3 rings (SSSR count). The first kappa shape index (κ1) is 24.7. The molecule has 3 aromatic rings. The van der Waals surface area contributed by atoms with Gasteiger partial charge in [0.15, 0.2) is 5.13 Å². The lowest BCUT2D eigenvalue weighted by Crippen LogP contribution is -2.37. The second-order valence-electron chi connectivity index (χ2n) is 7.35. The van der Waals surface area contributed by atoms with Gasteiger partial charge >= 0.3 is 0 Å². The van der Waals surface area contributed by atoms with E-state index in [9.17, 15) is 13.2 Å². The van der Waals surface area contributed by atoms with Gasteiger partial charge in [0.2, 0.25) is 10.0 Å². The highest BCUT2D eigenvalue weighted by Gasteiger charge is 2.22. The molecule has 2 heterocycles. The first-order valence-electron chi connectivity index (χ1n) is 10.3. The van der Waals surface area contributed by atoms with Crippen LogP contribution in [-0.4, -0.2) is 78.9 Å². The largest absolute Gasteiger partial charge is 0.497 e. The molecule has 1 amide bonds. The Balaban J connectivity index is 1.47. The summed E-state index contributed by atoms with van der Waals surface area (Å²) in [6, 6.07) is 6.20. The van der Waals surface area contributed by atoms with E-state index in [0.29, 0.717) is 16.6 Å². The van der Waals surface area contributed by atoms with Crippen molar-refractivity contribution in [2.24, 2.45) is 0 Å². The number of ether oxygens (including phenoxy) is 1. The van der Waals surface area contributed by atoms with Gasteiger partial charge < -0.3 is 19.5 Å². The molecule has 33 heavy (non-hydrogen) atoms. The van der Waals surface area contributed by atoms with Crippen LogP contribution in [0.5, 0.6) is 5.75 Å². The number of methoxy groups -OCH3 is 1. The lowest BCUT2D eigenvalue weighted by Gasteiger charge is -2.21. The Labute approximate surface area is 197 Å². The van der Waals surface area contributed by atoms with E-state index in [1.54, 1.807) is 37.1 Å². The van der Waals surface area contributed by atoms with Gasteiger partial charge in [0.25, 0.3) is 5.91 Å². The number of carbonyl (C=O) groups excluding carboxylic acids is 1. The first-order valence-corrected chi connectivity index (χ1v) is 12.6. The maximum absolute atomic E-state index is 12.7. The molecule has 0 atom stereocenters. The number of aromatic nitrogens is 3. The summed E-state index contributed by atoms with van der Waals surface area (Å²) >= 11 is 1.37. The van der Waals surface area contributed by atoms with E-state index in [0.717, 1.165) is 19.5 Å². The molecular weight excluding hydrogens is 464 g/mol. The fourth-order valence-corrected chi connectivity index (χ4v) is 4.84. The second-order valence-corrected chi connectivity index (χ2v) is 10.3. The van der Waals surface area contributed by atoms with Crippen LogP contribution in [0, 0.1) is 0 Å². The van der Waals surface area contributed by atoms with Crippen LogP contribution < -0.4 is 10.1 Å². The average Bonchev–Trinajstić information content (AvgIpc) is 3.51. The molecule has 178 valence electrons. The molecule has 1 N–H and O–H groups in total. The van der Waals surface area contributed by atoms with Crippen molar-refractivity contribution in [3.8, 4) is 5.75 Å². The number of likely N-dealkylation sites (N-methyl/N-ethyl adjacent to an activating group) is 2. The molecule has 2 aromatic heterocycles. The number of anilines is 1. The first-order chi connectivity index (χ1) is 15.8. The number of nitrogens with zero attached hydrogens (tertiary/aromatic N) is 5. The third-order valence-corrected chi connectivity index (χ3v) is 7.69. The van der Waals surface area contributed by atoms with Crippen LogP contribution in [0.1, 0.15) is 16.9 Å². The molecule has 0 aliphatic rings. The van der Waals surface area contributed by atoms with E-state index < -0.39 is 10.0 Å². The van der Waals surface area contributed by atoms with Gasteiger partial charge in [-0.25, -0.2) is 18.4 Å². The summed E-state index contributed by atoms with van der Waals surface area (Å²) in [6.45, 7) is 1.96. The van der Waals surface area contributed by atoms with Crippen molar-refractivity contribution >= 4 is 32.4 Å². The van der Waals surface area contributed by atoms with E-state index in [-0.39, 0.29) is 23.9 Å². The summed E-state index contributed by atoms with van der Waals surface area (Å²) in [5.74, 6) is 0.324. The number of rotatable bonds is 12. The standard InChI is InChI=1S/C21H28N6O4S2/c1-25(13-14-26(2)33(29,30)18-7-5-17(31-3)6-8-18)20(28)19-15-32-21(24-19)23-9-4-11-27-12-10-22-16-27/h5-8,10,12,15-16H,4,9,11,13-14H2,1-3H3,(H,23,24). The van der Waals surface area contributed by atoms with Gasteiger partial charge in [0.05, 0.1) is 18.3 Å². The number of benzene rings is 1. The average molecular weight is 493 g/mol. The SMILES string of the molecule is COc1ccc(S(=O)(=O)N(C)CCN(C)C(=O)c2csc(NCCCn3ccnc3)n2)cc1. The summed E-state index contributed by atoms with van der Waals surface area (Å²) < 4.78 is 33.8. The summed E-state index contributed by atoms with van der Waals surface area (Å²) in [4.78, 5) is 22.7. The molecule has 12 heteroatoms. The number of nitrogens with one attached hydrogen (secondary N) is 1. The predicted octanol–water partition coefficient (Wildman–Crippen LogP) is 2.24. The van der Waals surface area contributed by atoms with E-state index in [1.165, 1.54) is 46.8 Å². The van der Waals surface area contributed by atoms with Crippen molar-refractivity contribution in [3.63, 3.8) is 0 Å². The highest BCUT2D eigenvalue weighted by molar-refractivity contribution is 7.89. The number of imidazole rings is 1. The monoisotopic (exact) mass is 492 g/mol. The molecule has 0 aliphatic heterocycles. The lowest BCUT2D eigenvalue weighted by molar-refractivity contribution is 0.0786. The molecule has 1 aromatic carbocycles. The number of hydrogen-bond acceptors (Lipinski definition) is 8. The van der Waals surface area contributed by atoms with Crippen molar-refractivity contribution in [2.45, 2.75) is 17.9 Å². The fraction of sp³-hybridized carbons (Fsp3) is 0.381. The van der Waals surface area contributed by atoms with Crippen molar-refractivity contribution in [2.75, 3.05) is 46.2 Å². The molecule has 0 spiro atoms. The lowest BCUT2D eigenvalue weighted by atomic mass is 10.3. The number of carbonyl (C=O) groups is 1. The number of amides is 1. The van der Waals surface area contributed by atoms with E-state index >= 15 is 0 Å².